The normalized spacial score (nSPS) is 16.1. The molecule has 4 aromatic carbocycles. The van der Waals surface area contributed by atoms with Crippen LogP contribution in [0.4, 0.5) is 11.4 Å². The summed E-state index contributed by atoms with van der Waals surface area (Å²) in [6.45, 7) is 6.21. The van der Waals surface area contributed by atoms with Gasteiger partial charge >= 0.3 is 0 Å². The number of anilines is 2. The SMILES string of the molecule is C[C@@H]1Cc2ccccc2CN1C(=O)c1cc2c(cc1-c1cc(C(=O)N(C)c3ccc(O)cc3)c3n1CCCC3)CCN(C(=O)Cc1ccc(NCCN(C)C)cc1)C2. The molecule has 3 amide bonds. The smallest absolute Gasteiger partial charge is 0.259 e. The van der Waals surface area contributed by atoms with Crippen LogP contribution in [0.2, 0.25) is 0 Å². The molecule has 5 aromatic rings. The molecule has 58 heavy (non-hydrogen) atoms. The number of carbonyl (C=O) groups is 3. The third-order valence-corrected chi connectivity index (χ3v) is 12.2. The van der Waals surface area contributed by atoms with Crippen molar-refractivity contribution >= 4 is 29.1 Å². The van der Waals surface area contributed by atoms with Gasteiger partial charge in [0, 0.05) is 86.2 Å². The Hall–Kier alpha value is -5.87. The van der Waals surface area contributed by atoms with Gasteiger partial charge in [0.2, 0.25) is 5.91 Å². The molecule has 3 aliphatic rings. The molecule has 1 atom stereocenters. The number of nitrogens with one attached hydrogen (secondary N) is 1. The van der Waals surface area contributed by atoms with Gasteiger partial charge in [0.05, 0.1) is 12.0 Å². The highest BCUT2D eigenvalue weighted by Gasteiger charge is 2.33. The summed E-state index contributed by atoms with van der Waals surface area (Å²) in [6.07, 6.45) is 4.50. The van der Waals surface area contributed by atoms with Crippen molar-refractivity contribution < 1.29 is 19.5 Å². The second kappa shape index (κ2) is 16.5. The number of phenolic OH excluding ortho intramolecular Hbond substituents is 1. The first-order valence-corrected chi connectivity index (χ1v) is 20.6. The number of amides is 3. The van der Waals surface area contributed by atoms with E-state index in [-0.39, 0.29) is 29.5 Å². The molecule has 0 saturated heterocycles. The van der Waals surface area contributed by atoms with Crippen molar-refractivity contribution in [2.75, 3.05) is 51.0 Å². The van der Waals surface area contributed by atoms with E-state index in [0.29, 0.717) is 49.3 Å². The molecule has 0 fully saturated rings. The minimum absolute atomic E-state index is 0.00346. The van der Waals surface area contributed by atoms with Crippen LogP contribution in [0, 0.1) is 0 Å². The van der Waals surface area contributed by atoms with Crippen LogP contribution in [0.5, 0.6) is 5.75 Å². The third-order valence-electron chi connectivity index (χ3n) is 12.2. The highest BCUT2D eigenvalue weighted by molar-refractivity contribution is 6.08. The van der Waals surface area contributed by atoms with Crippen LogP contribution in [-0.2, 0) is 50.1 Å². The van der Waals surface area contributed by atoms with Crippen LogP contribution in [0.3, 0.4) is 0 Å². The number of aromatic nitrogens is 1. The predicted molar refractivity (Wildman–Crippen MR) is 229 cm³/mol. The quantitative estimate of drug-likeness (QED) is 0.156. The average molecular weight is 779 g/mol. The van der Waals surface area contributed by atoms with E-state index in [1.165, 1.54) is 5.56 Å². The number of nitrogens with zero attached hydrogens (tertiary/aromatic N) is 5. The van der Waals surface area contributed by atoms with Crippen LogP contribution in [0.25, 0.3) is 11.3 Å². The van der Waals surface area contributed by atoms with Gasteiger partial charge < -0.3 is 34.6 Å². The van der Waals surface area contributed by atoms with Crippen molar-refractivity contribution in [1.82, 2.24) is 19.3 Å². The van der Waals surface area contributed by atoms with Crippen LogP contribution in [-0.4, -0.2) is 88.9 Å². The van der Waals surface area contributed by atoms with Gasteiger partial charge in [0.1, 0.15) is 5.75 Å². The fourth-order valence-corrected chi connectivity index (χ4v) is 8.83. The Kier molecular flexibility index (Phi) is 11.1. The lowest BCUT2D eigenvalue weighted by Crippen LogP contribution is -2.43. The van der Waals surface area contributed by atoms with E-state index in [2.05, 4.69) is 60.1 Å². The number of phenols is 1. The van der Waals surface area contributed by atoms with E-state index < -0.39 is 0 Å². The summed E-state index contributed by atoms with van der Waals surface area (Å²) < 4.78 is 2.26. The first kappa shape index (κ1) is 39.0. The molecule has 300 valence electrons. The predicted octanol–water partition coefficient (Wildman–Crippen LogP) is 7.16. The first-order valence-electron chi connectivity index (χ1n) is 20.6. The summed E-state index contributed by atoms with van der Waals surface area (Å²) in [4.78, 5) is 50.8. The lowest BCUT2D eigenvalue weighted by atomic mass is 9.89. The molecule has 10 nitrogen and oxygen atoms in total. The molecule has 2 N–H and O–H groups in total. The average Bonchev–Trinajstić information content (AvgIpc) is 3.62. The molecule has 0 aliphatic carbocycles. The Morgan fingerprint density at radius 2 is 1.55 bits per heavy atom. The van der Waals surface area contributed by atoms with Crippen LogP contribution < -0.4 is 10.2 Å². The maximum Gasteiger partial charge on any atom is 0.259 e. The highest BCUT2D eigenvalue weighted by Crippen LogP contribution is 2.38. The maximum atomic E-state index is 15.0. The zero-order valence-corrected chi connectivity index (χ0v) is 34.1. The van der Waals surface area contributed by atoms with Crippen molar-refractivity contribution in [2.45, 2.75) is 71.1 Å². The van der Waals surface area contributed by atoms with E-state index in [4.69, 9.17) is 0 Å². The molecule has 0 saturated carbocycles. The maximum absolute atomic E-state index is 15.0. The fraction of sp³-hybridized carbons (Fsp3) is 0.354. The Morgan fingerprint density at radius 1 is 0.793 bits per heavy atom. The largest absolute Gasteiger partial charge is 0.508 e. The lowest BCUT2D eigenvalue weighted by molar-refractivity contribution is -0.131. The molecule has 0 bridgehead atoms. The molecule has 4 heterocycles. The monoisotopic (exact) mass is 778 g/mol. The van der Waals surface area contributed by atoms with E-state index >= 15 is 4.79 Å². The van der Waals surface area contributed by atoms with Gasteiger partial charge in [-0.15, -0.1) is 0 Å². The Balaban J connectivity index is 1.13. The summed E-state index contributed by atoms with van der Waals surface area (Å²) >= 11 is 0. The third kappa shape index (κ3) is 7.98. The van der Waals surface area contributed by atoms with Crippen LogP contribution in [0.1, 0.15) is 74.0 Å². The molecule has 0 radical (unpaired) electrons. The summed E-state index contributed by atoms with van der Waals surface area (Å²) in [5.74, 6) is 0.0479. The van der Waals surface area contributed by atoms with Crippen molar-refractivity contribution in [1.29, 1.82) is 0 Å². The molecular weight excluding hydrogens is 725 g/mol. The zero-order chi connectivity index (χ0) is 40.5. The second-order valence-corrected chi connectivity index (χ2v) is 16.5. The summed E-state index contributed by atoms with van der Waals surface area (Å²) in [6, 6.07) is 29.3. The number of rotatable bonds is 10. The number of benzene rings is 4. The van der Waals surface area contributed by atoms with Gasteiger partial charge in [-0.2, -0.15) is 0 Å². The Labute approximate surface area is 341 Å². The summed E-state index contributed by atoms with van der Waals surface area (Å²) in [5.41, 5.74) is 11.2. The van der Waals surface area contributed by atoms with Crippen LogP contribution >= 0.6 is 0 Å². The molecule has 1 aromatic heterocycles. The van der Waals surface area contributed by atoms with Crippen molar-refractivity contribution in [2.24, 2.45) is 0 Å². The molecular formula is C48H54N6O4. The zero-order valence-electron chi connectivity index (χ0n) is 34.1. The standard InChI is InChI=1S/C48H54N6O4/c1-32-25-34-9-5-6-10-36(34)31-54(32)48(58)42-28-37-30-52(46(56)26-33-12-14-38(15-13-33)49-21-24-50(2)3)23-20-35(37)27-41(42)45-29-43(44-11-7-8-22-53(44)45)47(57)51(4)39-16-18-40(55)19-17-39/h5-6,9-10,12-19,27-29,32,49,55H,7-8,11,20-26,30-31H2,1-4H3/t32-/m1/s1. The van der Waals surface area contributed by atoms with Crippen molar-refractivity contribution in [3.05, 3.63) is 136 Å². The molecule has 8 rings (SSSR count). The van der Waals surface area contributed by atoms with Crippen molar-refractivity contribution in [3.63, 3.8) is 0 Å². The van der Waals surface area contributed by atoms with E-state index in [1.54, 1.807) is 36.2 Å². The number of hydrogen-bond donors (Lipinski definition) is 2. The second-order valence-electron chi connectivity index (χ2n) is 16.5. The number of hydrogen-bond acceptors (Lipinski definition) is 6. The van der Waals surface area contributed by atoms with Gasteiger partial charge in [-0.1, -0.05) is 36.4 Å². The van der Waals surface area contributed by atoms with Gasteiger partial charge in [-0.05, 0) is 136 Å². The summed E-state index contributed by atoms with van der Waals surface area (Å²) in [5, 5.41) is 13.3. The highest BCUT2D eigenvalue weighted by atomic mass is 16.3. The van der Waals surface area contributed by atoms with E-state index in [1.807, 2.05) is 52.3 Å². The van der Waals surface area contributed by atoms with Crippen molar-refractivity contribution in [3.8, 4) is 17.0 Å². The van der Waals surface area contributed by atoms with Gasteiger partial charge in [0.15, 0.2) is 0 Å². The summed E-state index contributed by atoms with van der Waals surface area (Å²) in [7, 11) is 5.87. The number of aromatic hydroxyl groups is 1. The minimum atomic E-state index is -0.126. The fourth-order valence-electron chi connectivity index (χ4n) is 8.83. The lowest BCUT2D eigenvalue weighted by Gasteiger charge is -2.36. The molecule has 0 unspecified atom stereocenters. The number of fused-ring (bicyclic) bond motifs is 3. The molecule has 0 spiro atoms. The van der Waals surface area contributed by atoms with Gasteiger partial charge in [-0.3, -0.25) is 14.4 Å². The van der Waals surface area contributed by atoms with E-state index in [9.17, 15) is 14.7 Å². The number of carbonyl (C=O) groups excluding carboxylic acids is 3. The first-order chi connectivity index (χ1) is 28.0. The Morgan fingerprint density at radius 3 is 2.31 bits per heavy atom. The topological polar surface area (TPSA) is 101 Å². The molecule has 10 heteroatoms. The van der Waals surface area contributed by atoms with Gasteiger partial charge in [-0.25, -0.2) is 0 Å². The minimum Gasteiger partial charge on any atom is -0.508 e. The Bertz CT molecular complexity index is 2330. The van der Waals surface area contributed by atoms with Gasteiger partial charge in [0.25, 0.3) is 11.8 Å². The van der Waals surface area contributed by atoms with E-state index in [0.717, 1.165) is 90.2 Å². The number of likely N-dealkylation sites (N-methyl/N-ethyl adjacent to an activating group) is 1. The van der Waals surface area contributed by atoms with Crippen LogP contribution in [0.15, 0.2) is 91.0 Å². The molecule has 3 aliphatic heterocycles.